The van der Waals surface area contributed by atoms with Crippen LogP contribution in [0.25, 0.3) is 0 Å². The summed E-state index contributed by atoms with van der Waals surface area (Å²) < 4.78 is 21.3. The van der Waals surface area contributed by atoms with Gasteiger partial charge >= 0.3 is 0 Å². The lowest BCUT2D eigenvalue weighted by molar-refractivity contribution is 0.516. The van der Waals surface area contributed by atoms with Crippen molar-refractivity contribution in [2.24, 2.45) is 5.92 Å². The fourth-order valence-corrected chi connectivity index (χ4v) is 1.79. The molecule has 3 heteroatoms. The molecule has 1 rings (SSSR count). The zero-order valence-electron chi connectivity index (χ0n) is 9.27. The summed E-state index contributed by atoms with van der Waals surface area (Å²) in [4.78, 5) is 0.400. The monoisotopic (exact) mass is 226 g/mol. The van der Waals surface area contributed by atoms with Gasteiger partial charge in [-0.1, -0.05) is 32.4 Å². The highest BCUT2D eigenvalue weighted by Crippen LogP contribution is 2.13. The lowest BCUT2D eigenvalue weighted by Crippen LogP contribution is -1.95. The van der Waals surface area contributed by atoms with Crippen LogP contribution in [0.4, 0.5) is 0 Å². The van der Waals surface area contributed by atoms with Crippen molar-refractivity contribution < 1.29 is 8.42 Å². The molecule has 0 N–H and O–H groups in total. The maximum atomic E-state index is 10.7. The maximum absolute atomic E-state index is 10.7. The average Bonchev–Trinajstić information content (AvgIpc) is 2.26. The van der Waals surface area contributed by atoms with Gasteiger partial charge in [-0.2, -0.15) is 0 Å². The van der Waals surface area contributed by atoms with Gasteiger partial charge in [0, 0.05) is 0 Å². The maximum Gasteiger partial charge on any atom is 0.168 e. The lowest BCUT2D eigenvalue weighted by Gasteiger charge is -2.07. The first-order valence-corrected chi connectivity index (χ1v) is 6.54. The summed E-state index contributed by atoms with van der Waals surface area (Å²) in [7, 11) is -2.43. The molecule has 1 atom stereocenters. The molecular weight excluding hydrogens is 208 g/mol. The third-order valence-electron chi connectivity index (χ3n) is 2.77. The van der Waals surface area contributed by atoms with Crippen molar-refractivity contribution in [2.45, 2.75) is 38.0 Å². The van der Waals surface area contributed by atoms with Crippen LogP contribution in [0.5, 0.6) is 0 Å². The van der Waals surface area contributed by atoms with Gasteiger partial charge in [0.1, 0.15) is 0 Å². The van der Waals surface area contributed by atoms with Gasteiger partial charge in [0.25, 0.3) is 0 Å². The van der Waals surface area contributed by atoms with Crippen molar-refractivity contribution in [1.82, 2.24) is 0 Å². The van der Waals surface area contributed by atoms with Gasteiger partial charge in [-0.25, -0.2) is 8.42 Å². The van der Waals surface area contributed by atoms with Crippen molar-refractivity contribution in [2.75, 3.05) is 0 Å². The van der Waals surface area contributed by atoms with Crippen molar-refractivity contribution in [3.63, 3.8) is 0 Å². The van der Waals surface area contributed by atoms with Gasteiger partial charge < -0.3 is 0 Å². The van der Waals surface area contributed by atoms with Crippen LogP contribution in [-0.4, -0.2) is 8.42 Å². The molecule has 0 heterocycles. The number of thiol groups is 1. The zero-order chi connectivity index (χ0) is 11.3. The van der Waals surface area contributed by atoms with Crippen LogP contribution in [-0.2, 0) is 17.1 Å². The Morgan fingerprint density at radius 3 is 2.27 bits per heavy atom. The molecule has 0 aromatic heterocycles. The van der Waals surface area contributed by atoms with Crippen LogP contribution < -0.4 is 0 Å². The molecule has 0 aliphatic rings. The molecule has 0 saturated carbocycles. The van der Waals surface area contributed by atoms with Crippen LogP contribution in [0.1, 0.15) is 32.3 Å². The molecule has 0 spiro atoms. The molecule has 15 heavy (non-hydrogen) atoms. The Hall–Kier alpha value is -0.830. The molecule has 0 fully saturated rings. The van der Waals surface area contributed by atoms with E-state index in [-0.39, 0.29) is 0 Å². The second-order valence-electron chi connectivity index (χ2n) is 3.98. The van der Waals surface area contributed by atoms with Crippen LogP contribution in [0.3, 0.4) is 0 Å². The zero-order valence-corrected chi connectivity index (χ0v) is 10.2. The minimum atomic E-state index is -2.43. The molecule has 0 bridgehead atoms. The predicted molar refractivity (Wildman–Crippen MR) is 62.8 cm³/mol. The van der Waals surface area contributed by atoms with E-state index in [0.29, 0.717) is 4.90 Å². The summed E-state index contributed by atoms with van der Waals surface area (Å²) in [6, 6.07) is 7.17. The van der Waals surface area contributed by atoms with Crippen molar-refractivity contribution in [1.29, 1.82) is 0 Å². The molecule has 2 nitrogen and oxygen atoms in total. The highest BCUT2D eigenvalue weighted by molar-refractivity contribution is 7.72. The molecule has 1 unspecified atom stereocenters. The summed E-state index contributed by atoms with van der Waals surface area (Å²) >= 11 is 0. The largest absolute Gasteiger partial charge is 0.227 e. The number of benzene rings is 1. The van der Waals surface area contributed by atoms with E-state index in [4.69, 9.17) is 0 Å². The Labute approximate surface area is 93.3 Å². The van der Waals surface area contributed by atoms with E-state index < -0.39 is 10.7 Å². The van der Waals surface area contributed by atoms with Gasteiger partial charge in [-0.05, 0) is 36.5 Å². The Bertz CT molecular complexity index is 358. The van der Waals surface area contributed by atoms with Crippen LogP contribution >= 0.6 is 0 Å². The van der Waals surface area contributed by atoms with Crippen molar-refractivity contribution in [3.8, 4) is 0 Å². The molecule has 0 amide bonds. The highest BCUT2D eigenvalue weighted by atomic mass is 32.2. The van der Waals surface area contributed by atoms with E-state index in [1.807, 2.05) is 12.1 Å². The van der Waals surface area contributed by atoms with Gasteiger partial charge in [-0.15, -0.1) is 0 Å². The number of hydrogen-bond acceptors (Lipinski definition) is 2. The first kappa shape index (κ1) is 12.2. The van der Waals surface area contributed by atoms with Gasteiger partial charge in [0.15, 0.2) is 10.7 Å². The fraction of sp³-hybridized carbons (Fsp3) is 0.500. The van der Waals surface area contributed by atoms with Gasteiger partial charge in [0.2, 0.25) is 0 Å². The first-order valence-electron chi connectivity index (χ1n) is 5.36. The standard InChI is InChI=1S/C12H18O2S/c1-3-10(2)4-5-11-6-8-12(9-7-11)15(13)14/h6-10,15H,3-5H2,1-2H3. The van der Waals surface area contributed by atoms with Gasteiger partial charge in [-0.3, -0.25) is 0 Å². The number of aryl methyl sites for hydroxylation is 1. The summed E-state index contributed by atoms with van der Waals surface area (Å²) in [5.41, 5.74) is 1.22. The van der Waals surface area contributed by atoms with Crippen molar-refractivity contribution in [3.05, 3.63) is 29.8 Å². The summed E-state index contributed by atoms with van der Waals surface area (Å²) in [6.07, 6.45) is 3.40. The second-order valence-corrected chi connectivity index (χ2v) is 5.01. The number of rotatable bonds is 5. The second kappa shape index (κ2) is 5.91. The predicted octanol–water partition coefficient (Wildman–Crippen LogP) is 2.64. The smallest absolute Gasteiger partial charge is 0.168 e. The van der Waals surface area contributed by atoms with E-state index in [0.717, 1.165) is 12.3 Å². The molecule has 0 radical (unpaired) electrons. The minimum Gasteiger partial charge on any atom is -0.227 e. The molecule has 0 aliphatic heterocycles. The Balaban J connectivity index is 2.57. The topological polar surface area (TPSA) is 34.1 Å². The molecular formula is C12H18O2S. The minimum absolute atomic E-state index is 0.400. The van der Waals surface area contributed by atoms with E-state index in [1.54, 1.807) is 12.1 Å². The Kier molecular flexibility index (Phi) is 4.82. The first-order chi connectivity index (χ1) is 7.13. The molecule has 0 aliphatic carbocycles. The Morgan fingerprint density at radius 1 is 1.20 bits per heavy atom. The molecule has 0 saturated heterocycles. The summed E-state index contributed by atoms with van der Waals surface area (Å²) in [5.74, 6) is 0.737. The van der Waals surface area contributed by atoms with Crippen molar-refractivity contribution >= 4 is 10.7 Å². The fourth-order valence-electron chi connectivity index (χ4n) is 1.40. The van der Waals surface area contributed by atoms with Crippen LogP contribution in [0.15, 0.2) is 29.2 Å². The van der Waals surface area contributed by atoms with Crippen LogP contribution in [0.2, 0.25) is 0 Å². The Morgan fingerprint density at radius 2 is 1.80 bits per heavy atom. The van der Waals surface area contributed by atoms with E-state index in [2.05, 4.69) is 13.8 Å². The lowest BCUT2D eigenvalue weighted by atomic mass is 9.99. The summed E-state index contributed by atoms with van der Waals surface area (Å²) in [5, 5.41) is 0. The van der Waals surface area contributed by atoms with E-state index >= 15 is 0 Å². The molecule has 84 valence electrons. The number of hydrogen-bond donors (Lipinski definition) is 1. The molecule has 1 aromatic rings. The third-order valence-corrected chi connectivity index (χ3v) is 3.49. The van der Waals surface area contributed by atoms with E-state index in [1.165, 1.54) is 18.4 Å². The van der Waals surface area contributed by atoms with E-state index in [9.17, 15) is 8.42 Å². The quantitative estimate of drug-likeness (QED) is 0.783. The summed E-state index contributed by atoms with van der Waals surface area (Å²) in [6.45, 7) is 4.43. The third kappa shape index (κ3) is 4.04. The van der Waals surface area contributed by atoms with Crippen LogP contribution in [0, 0.1) is 5.92 Å². The molecule has 1 aromatic carbocycles. The SMILES string of the molecule is CCC(C)CCc1ccc([SH](=O)=O)cc1. The van der Waals surface area contributed by atoms with Gasteiger partial charge in [0.05, 0.1) is 4.90 Å². The normalized spacial score (nSPS) is 13.0. The average molecular weight is 226 g/mol. The highest BCUT2D eigenvalue weighted by Gasteiger charge is 2.00.